The van der Waals surface area contributed by atoms with E-state index in [4.69, 9.17) is 38.0 Å². The minimum atomic E-state index is -2.40. The fraction of sp³-hybridized carbons (Fsp3) is 0.538. The number of halogens is 3. The Labute approximate surface area is 126 Å². The predicted octanol–water partition coefficient (Wildman–Crippen LogP) is 5.66. The highest BCUT2D eigenvalue weighted by molar-refractivity contribution is 7.64. The molecule has 1 aromatic rings. The van der Waals surface area contributed by atoms with Gasteiger partial charge in [-0.2, -0.15) is 0 Å². The lowest BCUT2D eigenvalue weighted by molar-refractivity contribution is 0.117. The van der Waals surface area contributed by atoms with Crippen LogP contribution in [0.4, 0.5) is 0 Å². The molecule has 0 aliphatic heterocycles. The summed E-state index contributed by atoms with van der Waals surface area (Å²) in [6.45, 7) is 1.45. The maximum Gasteiger partial charge on any atom is 0.341 e. The fourth-order valence-corrected chi connectivity index (χ4v) is 3.32. The monoisotopic (exact) mass is 326 g/mol. The zero-order valence-electron chi connectivity index (χ0n) is 9.67. The van der Waals surface area contributed by atoms with Gasteiger partial charge in [0.2, 0.25) is 0 Å². The van der Waals surface area contributed by atoms with E-state index < -0.39 is 6.00 Å². The third-order valence-corrected chi connectivity index (χ3v) is 4.98. The first-order valence-corrected chi connectivity index (χ1v) is 11.0. The number of unbranched alkanes of at least 4 members (excludes halogenated alkanes) is 2. The number of ether oxygens (including phenoxy) is 1. The summed E-state index contributed by atoms with van der Waals surface area (Å²) >= 11 is 17.4. The molecule has 0 aliphatic rings. The second-order valence-electron chi connectivity index (χ2n) is 3.96. The smallest absolute Gasteiger partial charge is 0.341 e. The lowest BCUT2D eigenvalue weighted by Crippen LogP contribution is -2.07. The summed E-state index contributed by atoms with van der Waals surface area (Å²) in [5.41, 5.74) is 1.21. The summed E-state index contributed by atoms with van der Waals surface area (Å²) in [7, 11) is 0. The first kappa shape index (κ1) is 18.3. The minimum absolute atomic E-state index is 0. The van der Waals surface area contributed by atoms with Gasteiger partial charge in [-0.15, -0.1) is 33.2 Å². The fourth-order valence-electron chi connectivity index (χ4n) is 1.47. The molecule has 0 saturated heterocycles. The van der Waals surface area contributed by atoms with Crippen LogP contribution in [-0.4, -0.2) is 12.6 Å². The van der Waals surface area contributed by atoms with Crippen molar-refractivity contribution in [1.82, 2.24) is 0 Å². The van der Waals surface area contributed by atoms with E-state index >= 15 is 0 Å². The molecule has 0 heterocycles. The lowest BCUT2D eigenvalue weighted by Gasteiger charge is -2.07. The van der Waals surface area contributed by atoms with E-state index in [1.165, 1.54) is 5.56 Å². The Morgan fingerprint density at radius 3 is 2.22 bits per heavy atom. The quantitative estimate of drug-likeness (QED) is 0.340. The molecule has 5 heteroatoms. The number of hydrogen-bond donors (Lipinski definition) is 0. The maximum absolute atomic E-state index is 5.79. The maximum atomic E-state index is 5.79. The van der Waals surface area contributed by atoms with Gasteiger partial charge in [-0.05, 0) is 18.0 Å². The van der Waals surface area contributed by atoms with Gasteiger partial charge < -0.3 is 4.74 Å². The van der Waals surface area contributed by atoms with E-state index in [1.807, 2.05) is 18.2 Å². The van der Waals surface area contributed by atoms with Crippen molar-refractivity contribution in [2.75, 3.05) is 6.61 Å². The molecule has 0 aromatic heterocycles. The highest BCUT2D eigenvalue weighted by Crippen LogP contribution is 2.27. The largest absolute Gasteiger partial charge is 0.377 e. The Kier molecular flexibility index (Phi) is 10.3. The van der Waals surface area contributed by atoms with E-state index in [0.29, 0.717) is 6.61 Å². The molecule has 0 bridgehead atoms. The topological polar surface area (TPSA) is 9.23 Å². The van der Waals surface area contributed by atoms with Crippen LogP contribution in [0.15, 0.2) is 30.3 Å². The van der Waals surface area contributed by atoms with Crippen molar-refractivity contribution in [2.24, 2.45) is 0 Å². The van der Waals surface area contributed by atoms with Crippen molar-refractivity contribution in [3.8, 4) is 0 Å². The Hall–Kier alpha value is 0.267. The SMILES string of the molecule is C.Cl[Si](Cl)(Cl)CCCCCOCc1ccccc1. The molecular formula is C13H21Cl3OSi. The molecule has 0 N–H and O–H groups in total. The standard InChI is InChI=1S/C12H17Cl3OSi.CH4/c13-17(14,15)10-6-2-5-9-16-11-12-7-3-1-4-8-12;/h1,3-4,7-8H,2,5-6,9-11H2;1H4. The van der Waals surface area contributed by atoms with Crippen LogP contribution in [0.2, 0.25) is 6.04 Å². The molecule has 1 aromatic carbocycles. The van der Waals surface area contributed by atoms with Crippen molar-refractivity contribution < 1.29 is 4.74 Å². The van der Waals surface area contributed by atoms with Gasteiger partial charge in [0.25, 0.3) is 0 Å². The molecule has 0 saturated carbocycles. The molecule has 0 unspecified atom stereocenters. The summed E-state index contributed by atoms with van der Waals surface area (Å²) in [4.78, 5) is 0. The first-order valence-electron chi connectivity index (χ1n) is 5.76. The second-order valence-corrected chi connectivity index (χ2v) is 13.2. The highest BCUT2D eigenvalue weighted by Gasteiger charge is 2.23. The van der Waals surface area contributed by atoms with Crippen molar-refractivity contribution in [2.45, 2.75) is 39.3 Å². The van der Waals surface area contributed by atoms with Crippen LogP contribution in [0.25, 0.3) is 0 Å². The van der Waals surface area contributed by atoms with Gasteiger partial charge in [0.15, 0.2) is 0 Å². The summed E-state index contributed by atoms with van der Waals surface area (Å²) in [5, 5.41) is 0. The van der Waals surface area contributed by atoms with E-state index in [0.717, 1.165) is 31.9 Å². The Morgan fingerprint density at radius 1 is 0.944 bits per heavy atom. The summed E-state index contributed by atoms with van der Waals surface area (Å²) in [5.74, 6) is 0. The predicted molar refractivity (Wildman–Crippen MR) is 84.8 cm³/mol. The van der Waals surface area contributed by atoms with E-state index in [9.17, 15) is 0 Å². The third kappa shape index (κ3) is 10.2. The average Bonchev–Trinajstić information content (AvgIpc) is 2.28. The highest BCUT2D eigenvalue weighted by atomic mass is 35.8. The zero-order valence-corrected chi connectivity index (χ0v) is 12.9. The Balaban J connectivity index is 0.00000289. The van der Waals surface area contributed by atoms with Gasteiger partial charge in [0.1, 0.15) is 0 Å². The molecule has 0 aliphatic carbocycles. The van der Waals surface area contributed by atoms with Crippen LogP contribution in [0, 0.1) is 0 Å². The Morgan fingerprint density at radius 2 is 1.61 bits per heavy atom. The Bertz CT molecular complexity index is 301. The van der Waals surface area contributed by atoms with Crippen LogP contribution in [0.3, 0.4) is 0 Å². The van der Waals surface area contributed by atoms with Gasteiger partial charge in [-0.1, -0.05) is 50.6 Å². The summed E-state index contributed by atoms with van der Waals surface area (Å²) < 4.78 is 5.56. The summed E-state index contributed by atoms with van der Waals surface area (Å²) in [6, 6.07) is 8.51. The van der Waals surface area contributed by atoms with Crippen LogP contribution < -0.4 is 0 Å². The molecule has 0 spiro atoms. The molecule has 1 rings (SSSR count). The molecule has 0 atom stereocenters. The molecule has 0 radical (unpaired) electrons. The van der Waals surface area contributed by atoms with Crippen molar-refractivity contribution in [1.29, 1.82) is 0 Å². The van der Waals surface area contributed by atoms with Gasteiger partial charge in [-0.3, -0.25) is 0 Å². The molecule has 104 valence electrons. The molecule has 0 fully saturated rings. The van der Waals surface area contributed by atoms with Crippen LogP contribution >= 0.6 is 33.2 Å². The molecular weight excluding hydrogens is 307 g/mol. The van der Waals surface area contributed by atoms with Gasteiger partial charge in [0.05, 0.1) is 6.61 Å². The van der Waals surface area contributed by atoms with Gasteiger partial charge in [-0.25, -0.2) is 0 Å². The van der Waals surface area contributed by atoms with E-state index in [2.05, 4.69) is 12.1 Å². The number of hydrogen-bond acceptors (Lipinski definition) is 1. The summed E-state index contributed by atoms with van der Waals surface area (Å²) in [6.07, 6.45) is 3.08. The van der Waals surface area contributed by atoms with E-state index in [1.54, 1.807) is 0 Å². The van der Waals surface area contributed by atoms with Gasteiger partial charge >= 0.3 is 6.00 Å². The van der Waals surface area contributed by atoms with Gasteiger partial charge in [0, 0.05) is 6.61 Å². The van der Waals surface area contributed by atoms with E-state index in [-0.39, 0.29) is 7.43 Å². The van der Waals surface area contributed by atoms with Crippen LogP contribution in [0.1, 0.15) is 32.3 Å². The second kappa shape index (κ2) is 10.1. The average molecular weight is 328 g/mol. The lowest BCUT2D eigenvalue weighted by atomic mass is 10.2. The molecule has 1 nitrogen and oxygen atoms in total. The minimum Gasteiger partial charge on any atom is -0.377 e. The molecule has 18 heavy (non-hydrogen) atoms. The number of rotatable bonds is 8. The molecule has 0 amide bonds. The van der Waals surface area contributed by atoms with Crippen molar-refractivity contribution >= 4 is 39.2 Å². The number of benzene rings is 1. The first-order chi connectivity index (χ1) is 8.08. The van der Waals surface area contributed by atoms with Crippen molar-refractivity contribution in [3.63, 3.8) is 0 Å². The normalized spacial score (nSPS) is 11.1. The van der Waals surface area contributed by atoms with Crippen LogP contribution in [-0.2, 0) is 11.3 Å². The zero-order chi connectivity index (χ0) is 12.6. The van der Waals surface area contributed by atoms with Crippen molar-refractivity contribution in [3.05, 3.63) is 35.9 Å². The third-order valence-electron chi connectivity index (χ3n) is 2.36. The van der Waals surface area contributed by atoms with Crippen LogP contribution in [0.5, 0.6) is 0 Å².